The Bertz CT molecular complexity index is 1150. The average molecular weight is 455 g/mol. The number of halogens is 2. The van der Waals surface area contributed by atoms with Crippen LogP contribution in [0.25, 0.3) is 5.52 Å². The standard InChI is InChI=1S/C25H28F2N4O2/c26-18-10-17(11-19(27)12-18)22-4-3-8-30(22)20-5-9-31-23(13-20)21(14-29-31)24(33)28-15-25(16-32)6-1-2-7-25/h5,9-14,22,32H,1-4,6-8,15-16H2,(H,28,33). The molecule has 1 aliphatic carbocycles. The maximum atomic E-state index is 13.8. The van der Waals surface area contributed by atoms with E-state index in [0.717, 1.165) is 56.8 Å². The van der Waals surface area contributed by atoms with E-state index in [1.807, 2.05) is 12.1 Å². The Morgan fingerprint density at radius 2 is 1.91 bits per heavy atom. The van der Waals surface area contributed by atoms with Gasteiger partial charge in [-0.05, 0) is 55.5 Å². The van der Waals surface area contributed by atoms with Crippen LogP contribution in [0.5, 0.6) is 0 Å². The van der Waals surface area contributed by atoms with Crippen molar-refractivity contribution in [2.45, 2.75) is 44.6 Å². The van der Waals surface area contributed by atoms with Gasteiger partial charge >= 0.3 is 0 Å². The normalized spacial score (nSPS) is 20.0. The number of carbonyl (C=O) groups excluding carboxylic acids is 1. The number of carbonyl (C=O) groups is 1. The van der Waals surface area contributed by atoms with E-state index in [9.17, 15) is 18.7 Å². The predicted molar refractivity (Wildman–Crippen MR) is 121 cm³/mol. The van der Waals surface area contributed by atoms with Crippen molar-refractivity contribution in [2.75, 3.05) is 24.6 Å². The summed E-state index contributed by atoms with van der Waals surface area (Å²) in [6.45, 7) is 1.27. The van der Waals surface area contributed by atoms with Gasteiger partial charge in [0.25, 0.3) is 5.91 Å². The van der Waals surface area contributed by atoms with Gasteiger partial charge in [0.2, 0.25) is 0 Å². The van der Waals surface area contributed by atoms with E-state index >= 15 is 0 Å². The molecule has 1 saturated heterocycles. The highest BCUT2D eigenvalue weighted by Gasteiger charge is 2.34. The number of amides is 1. The molecular weight excluding hydrogens is 426 g/mol. The summed E-state index contributed by atoms with van der Waals surface area (Å²) < 4.78 is 29.3. The summed E-state index contributed by atoms with van der Waals surface area (Å²) in [6.07, 6.45) is 9.03. The molecule has 2 fully saturated rings. The van der Waals surface area contributed by atoms with E-state index in [1.54, 1.807) is 16.9 Å². The van der Waals surface area contributed by atoms with Gasteiger partial charge in [-0.2, -0.15) is 5.10 Å². The number of anilines is 1. The van der Waals surface area contributed by atoms with Gasteiger partial charge in [-0.1, -0.05) is 12.8 Å². The van der Waals surface area contributed by atoms with Crippen molar-refractivity contribution in [3.05, 3.63) is 65.5 Å². The predicted octanol–water partition coefficient (Wildman–Crippen LogP) is 4.24. The molecule has 1 amide bonds. The summed E-state index contributed by atoms with van der Waals surface area (Å²) in [5, 5.41) is 17.1. The molecule has 174 valence electrons. The number of nitrogens with zero attached hydrogens (tertiary/aromatic N) is 3. The number of aliphatic hydroxyl groups is 1. The summed E-state index contributed by atoms with van der Waals surface area (Å²) >= 11 is 0. The van der Waals surface area contributed by atoms with Crippen LogP contribution in [0.15, 0.2) is 42.7 Å². The first kappa shape index (κ1) is 21.8. The molecule has 0 spiro atoms. The number of aromatic nitrogens is 2. The second kappa shape index (κ2) is 8.74. The molecule has 1 unspecified atom stereocenters. The molecule has 1 aliphatic heterocycles. The third-order valence-electron chi connectivity index (χ3n) is 7.23. The topological polar surface area (TPSA) is 69.9 Å². The number of benzene rings is 1. The van der Waals surface area contributed by atoms with Crippen LogP contribution >= 0.6 is 0 Å². The van der Waals surface area contributed by atoms with Gasteiger partial charge in [0.1, 0.15) is 11.6 Å². The van der Waals surface area contributed by atoms with Crippen molar-refractivity contribution < 1.29 is 18.7 Å². The van der Waals surface area contributed by atoms with E-state index in [-0.39, 0.29) is 24.0 Å². The highest BCUT2D eigenvalue weighted by molar-refractivity contribution is 6.01. The van der Waals surface area contributed by atoms with Crippen molar-refractivity contribution in [3.8, 4) is 0 Å². The number of hydrogen-bond donors (Lipinski definition) is 2. The van der Waals surface area contributed by atoms with Crippen molar-refractivity contribution >= 4 is 17.1 Å². The largest absolute Gasteiger partial charge is 0.396 e. The molecule has 2 aliphatic rings. The van der Waals surface area contributed by atoms with E-state index in [4.69, 9.17) is 0 Å². The minimum atomic E-state index is -0.579. The Kier molecular flexibility index (Phi) is 5.78. The van der Waals surface area contributed by atoms with Crippen LogP contribution in [0.2, 0.25) is 0 Å². The van der Waals surface area contributed by atoms with Gasteiger partial charge in [-0.25, -0.2) is 13.3 Å². The maximum absolute atomic E-state index is 13.8. The first-order valence-corrected chi connectivity index (χ1v) is 11.6. The molecule has 8 heteroatoms. The van der Waals surface area contributed by atoms with Gasteiger partial charge in [0.15, 0.2) is 0 Å². The minimum Gasteiger partial charge on any atom is -0.396 e. The van der Waals surface area contributed by atoms with Crippen LogP contribution in [0.1, 0.15) is 60.5 Å². The number of hydrogen-bond acceptors (Lipinski definition) is 4. The van der Waals surface area contributed by atoms with Gasteiger partial charge in [-0.3, -0.25) is 4.79 Å². The molecule has 1 aromatic carbocycles. The van der Waals surface area contributed by atoms with Crippen LogP contribution in [0.4, 0.5) is 14.5 Å². The number of rotatable bonds is 6. The van der Waals surface area contributed by atoms with Gasteiger partial charge < -0.3 is 15.3 Å². The highest BCUT2D eigenvalue weighted by Crippen LogP contribution is 2.38. The highest BCUT2D eigenvalue weighted by atomic mass is 19.1. The molecule has 0 bridgehead atoms. The van der Waals surface area contributed by atoms with E-state index in [2.05, 4.69) is 15.3 Å². The molecule has 5 rings (SSSR count). The van der Waals surface area contributed by atoms with Crippen LogP contribution in [-0.4, -0.2) is 40.3 Å². The Morgan fingerprint density at radius 1 is 1.15 bits per heavy atom. The SMILES string of the molecule is O=C(NCC1(CO)CCCC1)c1cnn2ccc(N3CCCC3c3cc(F)cc(F)c3)cc12. The van der Waals surface area contributed by atoms with Crippen molar-refractivity contribution in [1.29, 1.82) is 0 Å². The molecular formula is C25H28F2N4O2. The molecule has 3 heterocycles. The average Bonchev–Trinajstić information content (AvgIpc) is 3.56. The third-order valence-corrected chi connectivity index (χ3v) is 7.23. The van der Waals surface area contributed by atoms with Crippen LogP contribution in [0.3, 0.4) is 0 Å². The molecule has 2 aromatic heterocycles. The minimum absolute atomic E-state index is 0.0726. The van der Waals surface area contributed by atoms with Crippen LogP contribution in [0, 0.1) is 17.0 Å². The lowest BCUT2D eigenvalue weighted by Gasteiger charge is -2.27. The van der Waals surface area contributed by atoms with Crippen LogP contribution < -0.4 is 10.2 Å². The molecule has 1 atom stereocenters. The van der Waals surface area contributed by atoms with Gasteiger partial charge in [0.05, 0.1) is 29.9 Å². The lowest BCUT2D eigenvalue weighted by Crippen LogP contribution is -2.38. The first-order valence-electron chi connectivity index (χ1n) is 11.6. The lowest BCUT2D eigenvalue weighted by atomic mass is 9.87. The zero-order valence-corrected chi connectivity index (χ0v) is 18.4. The summed E-state index contributed by atoms with van der Waals surface area (Å²) in [5.74, 6) is -1.37. The fourth-order valence-electron chi connectivity index (χ4n) is 5.39. The Morgan fingerprint density at radius 3 is 2.64 bits per heavy atom. The lowest BCUT2D eigenvalue weighted by molar-refractivity contribution is 0.0882. The zero-order valence-electron chi connectivity index (χ0n) is 18.4. The number of nitrogens with one attached hydrogen (secondary N) is 1. The molecule has 2 N–H and O–H groups in total. The fraction of sp³-hybridized carbons (Fsp3) is 0.440. The van der Waals surface area contributed by atoms with E-state index in [1.165, 1.54) is 12.1 Å². The quantitative estimate of drug-likeness (QED) is 0.585. The monoisotopic (exact) mass is 454 g/mol. The van der Waals surface area contributed by atoms with Crippen LogP contribution in [-0.2, 0) is 0 Å². The van der Waals surface area contributed by atoms with Crippen molar-refractivity contribution in [2.24, 2.45) is 5.41 Å². The first-order chi connectivity index (χ1) is 16.0. The third kappa shape index (κ3) is 4.19. The molecule has 1 saturated carbocycles. The number of pyridine rings is 1. The zero-order chi connectivity index (χ0) is 23.0. The van der Waals surface area contributed by atoms with E-state index in [0.29, 0.717) is 23.2 Å². The summed E-state index contributed by atoms with van der Waals surface area (Å²) in [4.78, 5) is 15.1. The number of aliphatic hydroxyl groups excluding tert-OH is 1. The number of fused-ring (bicyclic) bond motifs is 1. The molecule has 0 radical (unpaired) electrons. The second-order valence-corrected chi connectivity index (χ2v) is 9.38. The van der Waals surface area contributed by atoms with Crippen molar-refractivity contribution in [1.82, 2.24) is 14.9 Å². The molecule has 33 heavy (non-hydrogen) atoms. The summed E-state index contributed by atoms with van der Waals surface area (Å²) in [6, 6.07) is 7.36. The molecule has 3 aromatic rings. The smallest absolute Gasteiger partial charge is 0.255 e. The Labute approximate surface area is 191 Å². The van der Waals surface area contributed by atoms with Gasteiger partial charge in [0, 0.05) is 36.5 Å². The second-order valence-electron chi connectivity index (χ2n) is 9.38. The molecule has 6 nitrogen and oxygen atoms in total. The Balaban J connectivity index is 1.40. The fourth-order valence-corrected chi connectivity index (χ4v) is 5.39. The van der Waals surface area contributed by atoms with E-state index < -0.39 is 11.6 Å². The maximum Gasteiger partial charge on any atom is 0.255 e. The van der Waals surface area contributed by atoms with Gasteiger partial charge in [-0.15, -0.1) is 0 Å². The van der Waals surface area contributed by atoms with Crippen molar-refractivity contribution in [3.63, 3.8) is 0 Å². The summed E-state index contributed by atoms with van der Waals surface area (Å²) in [5.41, 5.74) is 2.40. The summed E-state index contributed by atoms with van der Waals surface area (Å²) in [7, 11) is 0. The Hall–Kier alpha value is -3.00.